The van der Waals surface area contributed by atoms with E-state index in [9.17, 15) is 9.59 Å². The molecule has 1 aliphatic rings. The number of methoxy groups -OCH3 is 1. The number of hydrogen-bond donors (Lipinski definition) is 0. The Hall–Kier alpha value is -2.62. The number of benzene rings is 2. The highest BCUT2D eigenvalue weighted by molar-refractivity contribution is 6.01. The van der Waals surface area contributed by atoms with Gasteiger partial charge in [0.2, 0.25) is 5.91 Å². The van der Waals surface area contributed by atoms with Gasteiger partial charge >= 0.3 is 0 Å². The summed E-state index contributed by atoms with van der Waals surface area (Å²) in [6.45, 7) is 4.72. The van der Waals surface area contributed by atoms with Gasteiger partial charge in [0.25, 0.3) is 0 Å². The smallest absolute Gasteiger partial charge is 0.227 e. The van der Waals surface area contributed by atoms with Gasteiger partial charge in [-0.15, -0.1) is 0 Å². The highest BCUT2D eigenvalue weighted by atomic mass is 16.5. The van der Waals surface area contributed by atoms with E-state index >= 15 is 0 Å². The van der Waals surface area contributed by atoms with E-state index in [4.69, 9.17) is 4.74 Å². The van der Waals surface area contributed by atoms with Gasteiger partial charge in [0.05, 0.1) is 7.11 Å². The van der Waals surface area contributed by atoms with Gasteiger partial charge in [-0.2, -0.15) is 0 Å². The molecule has 0 bridgehead atoms. The third kappa shape index (κ3) is 3.79. The first-order valence-corrected chi connectivity index (χ1v) is 9.07. The Balaban J connectivity index is 1.67. The number of ether oxygens (including phenoxy) is 1. The van der Waals surface area contributed by atoms with Crippen molar-refractivity contribution in [3.8, 4) is 5.75 Å². The second-order valence-corrected chi connectivity index (χ2v) is 6.87. The number of rotatable bonds is 5. The lowest BCUT2D eigenvalue weighted by atomic mass is 9.99. The Bertz CT molecular complexity index is 841. The predicted molar refractivity (Wildman–Crippen MR) is 103 cm³/mol. The summed E-state index contributed by atoms with van der Waals surface area (Å²) in [5.74, 6) is 0.838. The molecule has 0 unspecified atom stereocenters. The maximum Gasteiger partial charge on any atom is 0.227 e. The van der Waals surface area contributed by atoms with Crippen molar-refractivity contribution in [2.45, 2.75) is 39.5 Å². The van der Waals surface area contributed by atoms with Crippen LogP contribution in [0.5, 0.6) is 5.75 Å². The number of amides is 1. The van der Waals surface area contributed by atoms with E-state index in [1.807, 2.05) is 55.1 Å². The lowest BCUT2D eigenvalue weighted by Gasteiger charge is -2.29. The fourth-order valence-corrected chi connectivity index (χ4v) is 3.37. The molecule has 2 aromatic rings. The van der Waals surface area contributed by atoms with Crippen molar-refractivity contribution in [2.75, 3.05) is 18.6 Å². The normalized spacial score (nSPS) is 13.3. The maximum absolute atomic E-state index is 12.7. The van der Waals surface area contributed by atoms with Gasteiger partial charge in [-0.3, -0.25) is 9.59 Å². The summed E-state index contributed by atoms with van der Waals surface area (Å²) in [7, 11) is 1.64. The van der Waals surface area contributed by atoms with E-state index in [0.717, 1.165) is 41.0 Å². The van der Waals surface area contributed by atoms with E-state index in [1.165, 1.54) is 0 Å². The van der Waals surface area contributed by atoms with Crippen molar-refractivity contribution in [2.24, 2.45) is 0 Å². The molecule has 0 spiro atoms. The van der Waals surface area contributed by atoms with Gasteiger partial charge in [-0.25, -0.2) is 0 Å². The van der Waals surface area contributed by atoms with Gasteiger partial charge < -0.3 is 9.64 Å². The first-order valence-electron chi connectivity index (χ1n) is 9.07. The van der Waals surface area contributed by atoms with Crippen molar-refractivity contribution in [1.29, 1.82) is 0 Å². The van der Waals surface area contributed by atoms with Crippen LogP contribution in [0.3, 0.4) is 0 Å². The van der Waals surface area contributed by atoms with Crippen molar-refractivity contribution < 1.29 is 14.3 Å². The molecule has 0 atom stereocenters. The first kappa shape index (κ1) is 18.2. The lowest BCUT2D eigenvalue weighted by molar-refractivity contribution is -0.118. The molecular weight excluding hydrogens is 326 g/mol. The molecular formula is C22H25NO3. The molecule has 0 N–H and O–H groups in total. The molecule has 0 fully saturated rings. The summed E-state index contributed by atoms with van der Waals surface area (Å²) >= 11 is 0. The summed E-state index contributed by atoms with van der Waals surface area (Å²) in [6, 6.07) is 11.5. The van der Waals surface area contributed by atoms with E-state index in [1.54, 1.807) is 7.11 Å². The summed E-state index contributed by atoms with van der Waals surface area (Å²) in [4.78, 5) is 27.0. The zero-order chi connectivity index (χ0) is 18.7. The van der Waals surface area contributed by atoms with E-state index in [-0.39, 0.29) is 24.5 Å². The third-order valence-corrected chi connectivity index (χ3v) is 5.10. The summed E-state index contributed by atoms with van der Waals surface area (Å²) in [5, 5.41) is 0. The van der Waals surface area contributed by atoms with E-state index < -0.39 is 0 Å². The molecule has 1 aliphatic heterocycles. The minimum absolute atomic E-state index is 0.00769. The third-order valence-electron chi connectivity index (χ3n) is 5.10. The minimum atomic E-state index is 0.00769. The predicted octanol–water partition coefficient (Wildman–Crippen LogP) is 4.25. The number of Topliss-reactive ketones (excluding diaryl/α,β-unsaturated/α-hetero) is 1. The fourth-order valence-electron chi connectivity index (χ4n) is 3.37. The van der Waals surface area contributed by atoms with Crippen LogP contribution < -0.4 is 9.64 Å². The van der Waals surface area contributed by atoms with Crippen LogP contribution in [0.25, 0.3) is 0 Å². The average Bonchev–Trinajstić information content (AvgIpc) is 2.66. The molecule has 26 heavy (non-hydrogen) atoms. The standard InChI is InChI=1S/C22H25NO3/c1-15-6-7-18(13-16(15)2)21(24)10-11-22(25)23-12-4-5-17-14-19(26-3)8-9-20(17)23/h6-9,13-14H,4-5,10-12H2,1-3H3. The van der Waals surface area contributed by atoms with Crippen molar-refractivity contribution in [1.82, 2.24) is 0 Å². The molecule has 3 rings (SSSR count). The Morgan fingerprint density at radius 1 is 1.04 bits per heavy atom. The number of hydrogen-bond acceptors (Lipinski definition) is 3. The van der Waals surface area contributed by atoms with Crippen molar-refractivity contribution >= 4 is 17.4 Å². The summed E-state index contributed by atoms with van der Waals surface area (Å²) in [6.07, 6.45) is 2.34. The number of anilines is 1. The molecule has 136 valence electrons. The van der Waals surface area contributed by atoms with Crippen LogP contribution in [0, 0.1) is 13.8 Å². The van der Waals surface area contributed by atoms with Crippen LogP contribution in [0.4, 0.5) is 5.69 Å². The molecule has 1 heterocycles. The van der Waals surface area contributed by atoms with Gasteiger partial charge in [-0.05, 0) is 67.6 Å². The summed E-state index contributed by atoms with van der Waals surface area (Å²) < 4.78 is 5.27. The quantitative estimate of drug-likeness (QED) is 0.757. The Morgan fingerprint density at radius 2 is 1.85 bits per heavy atom. The number of aryl methyl sites for hydroxylation is 3. The second-order valence-electron chi connectivity index (χ2n) is 6.87. The van der Waals surface area contributed by atoms with Crippen LogP contribution in [0.2, 0.25) is 0 Å². The van der Waals surface area contributed by atoms with Crippen LogP contribution in [-0.4, -0.2) is 25.3 Å². The van der Waals surface area contributed by atoms with E-state index in [2.05, 4.69) is 0 Å². The second kappa shape index (κ2) is 7.73. The SMILES string of the molecule is COc1ccc2c(c1)CCCN2C(=O)CCC(=O)c1ccc(C)c(C)c1. The lowest BCUT2D eigenvalue weighted by Crippen LogP contribution is -2.35. The molecule has 0 saturated heterocycles. The number of carbonyl (C=O) groups excluding carboxylic acids is 2. The first-order chi connectivity index (χ1) is 12.5. The minimum Gasteiger partial charge on any atom is -0.497 e. The Kier molecular flexibility index (Phi) is 5.40. The van der Waals surface area contributed by atoms with Crippen LogP contribution in [-0.2, 0) is 11.2 Å². The molecule has 0 saturated carbocycles. The molecule has 0 radical (unpaired) electrons. The molecule has 4 heteroatoms. The topological polar surface area (TPSA) is 46.6 Å². The Labute approximate surface area is 154 Å². The van der Waals surface area contributed by atoms with Crippen LogP contribution >= 0.6 is 0 Å². The number of nitrogens with zero attached hydrogens (tertiary/aromatic N) is 1. The van der Waals surface area contributed by atoms with Crippen LogP contribution in [0.1, 0.15) is 46.3 Å². The fraction of sp³-hybridized carbons (Fsp3) is 0.364. The highest BCUT2D eigenvalue weighted by Crippen LogP contribution is 2.31. The molecule has 2 aromatic carbocycles. The van der Waals surface area contributed by atoms with Gasteiger partial charge in [0.1, 0.15) is 5.75 Å². The van der Waals surface area contributed by atoms with E-state index in [0.29, 0.717) is 12.1 Å². The number of fused-ring (bicyclic) bond motifs is 1. The molecule has 1 amide bonds. The highest BCUT2D eigenvalue weighted by Gasteiger charge is 2.23. The zero-order valence-electron chi connectivity index (χ0n) is 15.7. The van der Waals surface area contributed by atoms with Crippen molar-refractivity contribution in [3.63, 3.8) is 0 Å². The molecule has 4 nitrogen and oxygen atoms in total. The van der Waals surface area contributed by atoms with Gasteiger partial charge in [0.15, 0.2) is 5.78 Å². The average molecular weight is 351 g/mol. The van der Waals surface area contributed by atoms with Crippen molar-refractivity contribution in [3.05, 3.63) is 58.7 Å². The van der Waals surface area contributed by atoms with Gasteiger partial charge in [0, 0.05) is 30.6 Å². The number of ketones is 1. The zero-order valence-corrected chi connectivity index (χ0v) is 15.7. The Morgan fingerprint density at radius 3 is 2.58 bits per heavy atom. The largest absolute Gasteiger partial charge is 0.497 e. The maximum atomic E-state index is 12.7. The van der Waals surface area contributed by atoms with Crippen LogP contribution in [0.15, 0.2) is 36.4 Å². The molecule has 0 aromatic heterocycles. The molecule has 0 aliphatic carbocycles. The summed E-state index contributed by atoms with van der Waals surface area (Å²) in [5.41, 5.74) is 5.02. The number of carbonyl (C=O) groups is 2. The van der Waals surface area contributed by atoms with Gasteiger partial charge in [-0.1, -0.05) is 12.1 Å². The monoisotopic (exact) mass is 351 g/mol.